The van der Waals surface area contributed by atoms with Gasteiger partial charge in [-0.25, -0.2) is 14.4 Å². The van der Waals surface area contributed by atoms with Crippen LogP contribution in [-0.4, -0.2) is 81.3 Å². The second-order valence-corrected chi connectivity index (χ2v) is 13.5. The molecule has 270 valence electrons. The van der Waals surface area contributed by atoms with Crippen molar-refractivity contribution in [2.75, 3.05) is 53.7 Å². The van der Waals surface area contributed by atoms with Gasteiger partial charge < -0.3 is 35.3 Å². The predicted molar refractivity (Wildman–Crippen MR) is 196 cm³/mol. The number of carbonyl (C=O) groups excluding carboxylic acids is 2. The SMILES string of the molecule is C=CC(=O)Nc1cc(Nc2nc(-c3ccnc(NC(=O)c4ccc(C5CC5)cc4F)c3CO)cn(C)c2=O)ccc1N1CCN(C2COC2)C[C@@H]1C. The van der Waals surface area contributed by atoms with E-state index in [0.717, 1.165) is 56.9 Å². The van der Waals surface area contributed by atoms with Crippen molar-refractivity contribution in [3.63, 3.8) is 0 Å². The topological polar surface area (TPSA) is 154 Å². The van der Waals surface area contributed by atoms with Gasteiger partial charge in [-0.3, -0.25) is 19.3 Å². The quantitative estimate of drug-likeness (QED) is 0.165. The highest BCUT2D eigenvalue weighted by Gasteiger charge is 2.33. The second-order valence-electron chi connectivity index (χ2n) is 13.5. The van der Waals surface area contributed by atoms with Gasteiger partial charge in [0.25, 0.3) is 11.5 Å². The third-order valence-corrected chi connectivity index (χ3v) is 9.89. The Morgan fingerprint density at radius 3 is 2.58 bits per heavy atom. The Bertz CT molecular complexity index is 2100. The molecule has 2 aromatic heterocycles. The number of ether oxygens (including phenoxy) is 1. The van der Waals surface area contributed by atoms with E-state index >= 15 is 0 Å². The second kappa shape index (κ2) is 14.7. The van der Waals surface area contributed by atoms with Crippen molar-refractivity contribution in [1.82, 2.24) is 19.4 Å². The molecule has 1 aliphatic carbocycles. The van der Waals surface area contributed by atoms with E-state index in [1.807, 2.05) is 12.1 Å². The number of pyridine rings is 1. The fourth-order valence-corrected chi connectivity index (χ4v) is 6.77. The maximum atomic E-state index is 14.9. The van der Waals surface area contributed by atoms with Crippen LogP contribution in [0.3, 0.4) is 0 Å². The minimum Gasteiger partial charge on any atom is -0.392 e. The molecule has 2 amide bonds. The van der Waals surface area contributed by atoms with E-state index in [1.54, 1.807) is 25.2 Å². The van der Waals surface area contributed by atoms with Crippen LogP contribution in [0.4, 0.5) is 33.1 Å². The molecule has 0 radical (unpaired) electrons. The van der Waals surface area contributed by atoms with Gasteiger partial charge in [0.2, 0.25) is 5.91 Å². The van der Waals surface area contributed by atoms with Crippen LogP contribution >= 0.6 is 0 Å². The van der Waals surface area contributed by atoms with Gasteiger partial charge in [0.05, 0.1) is 48.5 Å². The Morgan fingerprint density at radius 1 is 1.10 bits per heavy atom. The standard InChI is InChI=1S/C38H41FN8O5/c1-4-34(49)42-31-16-25(8-10-33(31)47-14-13-46(17-22(47)2)26-20-52-21-26)41-36-38(51)45(3)18-32(43-36)27-11-12-40-35(29(27)19-48)44-37(50)28-9-7-24(15-30(28)39)23-5-6-23/h4,7-12,15-16,18,22-23,26,48H,1,5-6,13-14,17,19-21H2,2-3H3,(H,41,43)(H,42,49)(H,40,44,50)/t22-/m0/s1. The zero-order chi connectivity index (χ0) is 36.5. The zero-order valence-corrected chi connectivity index (χ0v) is 29.1. The molecular weight excluding hydrogens is 667 g/mol. The number of benzene rings is 2. The number of aliphatic hydroxyl groups excluding tert-OH is 1. The lowest BCUT2D eigenvalue weighted by Crippen LogP contribution is -2.59. The maximum absolute atomic E-state index is 14.9. The smallest absolute Gasteiger partial charge is 0.293 e. The van der Waals surface area contributed by atoms with Gasteiger partial charge >= 0.3 is 0 Å². The first-order valence-electron chi connectivity index (χ1n) is 17.3. The molecule has 1 atom stereocenters. The summed E-state index contributed by atoms with van der Waals surface area (Å²) >= 11 is 0. The van der Waals surface area contributed by atoms with E-state index in [1.165, 1.54) is 35.2 Å². The molecule has 2 aromatic carbocycles. The number of nitrogens with zero attached hydrogens (tertiary/aromatic N) is 5. The summed E-state index contributed by atoms with van der Waals surface area (Å²) in [6, 6.07) is 12.3. The summed E-state index contributed by atoms with van der Waals surface area (Å²) in [6.45, 7) is 9.20. The summed E-state index contributed by atoms with van der Waals surface area (Å²) in [4.78, 5) is 52.6. The summed E-state index contributed by atoms with van der Waals surface area (Å²) in [6.07, 6.45) is 6.17. The van der Waals surface area contributed by atoms with Gasteiger partial charge in [-0.2, -0.15) is 0 Å². The van der Waals surface area contributed by atoms with Crippen LogP contribution in [0.2, 0.25) is 0 Å². The van der Waals surface area contributed by atoms with Crippen LogP contribution < -0.4 is 26.4 Å². The highest BCUT2D eigenvalue weighted by Crippen LogP contribution is 2.40. The number of halogens is 1. The molecule has 0 bridgehead atoms. The number of aryl methyl sites for hydroxylation is 1. The van der Waals surface area contributed by atoms with Gasteiger partial charge in [-0.05, 0) is 73.7 Å². The number of nitrogens with one attached hydrogen (secondary N) is 3. The number of anilines is 5. The normalized spacial score (nSPS) is 17.7. The summed E-state index contributed by atoms with van der Waals surface area (Å²) in [7, 11) is 1.57. The van der Waals surface area contributed by atoms with Crippen LogP contribution in [0.25, 0.3) is 11.3 Å². The molecule has 4 N–H and O–H groups in total. The van der Waals surface area contributed by atoms with Crippen molar-refractivity contribution in [3.05, 3.63) is 100 Å². The Morgan fingerprint density at radius 2 is 1.90 bits per heavy atom. The van der Waals surface area contributed by atoms with E-state index in [4.69, 9.17) is 4.74 Å². The number of carbonyl (C=O) groups is 2. The predicted octanol–water partition coefficient (Wildman–Crippen LogP) is 4.38. The minimum atomic E-state index is -0.706. The molecule has 4 heterocycles. The Balaban J connectivity index is 1.15. The van der Waals surface area contributed by atoms with Crippen molar-refractivity contribution in [2.45, 2.75) is 44.4 Å². The van der Waals surface area contributed by atoms with Gasteiger partial charge in [-0.1, -0.05) is 12.6 Å². The molecule has 2 aliphatic heterocycles. The number of aromatic nitrogens is 3. The van der Waals surface area contributed by atoms with Gasteiger partial charge in [0.1, 0.15) is 11.6 Å². The summed E-state index contributed by atoms with van der Waals surface area (Å²) in [5, 5.41) is 19.1. The van der Waals surface area contributed by atoms with Crippen molar-refractivity contribution in [1.29, 1.82) is 0 Å². The van der Waals surface area contributed by atoms with E-state index in [9.17, 15) is 23.9 Å². The molecule has 4 aromatic rings. The molecular formula is C38H41FN8O5. The van der Waals surface area contributed by atoms with Crippen LogP contribution in [0, 0.1) is 5.82 Å². The van der Waals surface area contributed by atoms with Crippen molar-refractivity contribution < 1.29 is 23.8 Å². The maximum Gasteiger partial charge on any atom is 0.293 e. The number of hydrogen-bond acceptors (Lipinski definition) is 10. The molecule has 0 spiro atoms. The van der Waals surface area contributed by atoms with Crippen LogP contribution in [0.1, 0.15) is 47.2 Å². The van der Waals surface area contributed by atoms with Gasteiger partial charge in [-0.15, -0.1) is 0 Å². The molecule has 52 heavy (non-hydrogen) atoms. The molecule has 13 nitrogen and oxygen atoms in total. The van der Waals surface area contributed by atoms with Gasteiger partial charge in [0, 0.05) is 61.9 Å². The molecule has 3 aliphatic rings. The first-order valence-corrected chi connectivity index (χ1v) is 17.3. The van der Waals surface area contributed by atoms with Crippen LogP contribution in [0.15, 0.2) is 72.3 Å². The monoisotopic (exact) mass is 708 g/mol. The Kier molecular flexibility index (Phi) is 9.86. The fourth-order valence-electron chi connectivity index (χ4n) is 6.77. The molecule has 14 heteroatoms. The molecule has 7 rings (SSSR count). The van der Waals surface area contributed by atoms with E-state index in [-0.39, 0.29) is 34.7 Å². The molecule has 0 unspecified atom stereocenters. The number of aliphatic hydroxyl groups is 1. The number of rotatable bonds is 11. The van der Waals surface area contributed by atoms with E-state index in [0.29, 0.717) is 34.6 Å². The van der Waals surface area contributed by atoms with Gasteiger partial charge in [0.15, 0.2) is 5.82 Å². The lowest BCUT2D eigenvalue weighted by Gasteiger charge is -2.46. The number of hydrogen-bond donors (Lipinski definition) is 4. The lowest BCUT2D eigenvalue weighted by molar-refractivity contribution is -0.111. The summed E-state index contributed by atoms with van der Waals surface area (Å²) in [5.41, 5.74) is 3.15. The molecule has 3 fully saturated rings. The zero-order valence-electron chi connectivity index (χ0n) is 29.1. The Hall–Kier alpha value is -5.44. The summed E-state index contributed by atoms with van der Waals surface area (Å²) in [5.74, 6) is -1.35. The molecule has 1 saturated carbocycles. The fraction of sp³-hybridized carbons (Fsp3) is 0.342. The van der Waals surface area contributed by atoms with Crippen molar-refractivity contribution in [3.8, 4) is 11.3 Å². The molecule has 2 saturated heterocycles. The average Bonchev–Trinajstić information content (AvgIpc) is 3.96. The van der Waals surface area contributed by atoms with Crippen molar-refractivity contribution in [2.24, 2.45) is 7.05 Å². The van der Waals surface area contributed by atoms with E-state index < -0.39 is 23.9 Å². The first-order chi connectivity index (χ1) is 25.1. The highest BCUT2D eigenvalue weighted by atomic mass is 19.1. The van der Waals surface area contributed by atoms with Crippen LogP contribution in [-0.2, 0) is 23.2 Å². The first kappa shape index (κ1) is 35.0. The lowest BCUT2D eigenvalue weighted by atomic mass is 10.1. The number of piperazine rings is 1. The largest absolute Gasteiger partial charge is 0.392 e. The van der Waals surface area contributed by atoms with Crippen molar-refractivity contribution >= 4 is 40.5 Å². The average molecular weight is 709 g/mol. The van der Waals surface area contributed by atoms with E-state index in [2.05, 4.69) is 49.2 Å². The summed E-state index contributed by atoms with van der Waals surface area (Å²) < 4.78 is 21.6. The third kappa shape index (κ3) is 7.17. The van der Waals surface area contributed by atoms with Crippen LogP contribution in [0.5, 0.6) is 0 Å². The number of amides is 2. The third-order valence-electron chi connectivity index (χ3n) is 9.89. The highest BCUT2D eigenvalue weighted by molar-refractivity contribution is 6.05. The minimum absolute atomic E-state index is 0.0115. The Labute approximate surface area is 300 Å².